The van der Waals surface area contributed by atoms with Crippen molar-refractivity contribution in [3.05, 3.63) is 54.3 Å². The van der Waals surface area contributed by atoms with Crippen molar-refractivity contribution >= 4 is 15.9 Å². The molecule has 0 saturated heterocycles. The van der Waals surface area contributed by atoms with Crippen molar-refractivity contribution < 1.29 is 27.1 Å². The number of methoxy groups -OCH3 is 1. The number of hydrogen-bond acceptors (Lipinski definition) is 5. The van der Waals surface area contributed by atoms with Crippen LogP contribution in [0.5, 0.6) is 11.5 Å². The fourth-order valence-corrected chi connectivity index (χ4v) is 3.30. The molecule has 0 radical (unpaired) electrons. The molecule has 2 N–H and O–H groups in total. The van der Waals surface area contributed by atoms with Gasteiger partial charge >= 0.3 is 0 Å². The number of halogens is 1. The summed E-state index contributed by atoms with van der Waals surface area (Å²) < 4.78 is 49.9. The number of carbonyl (C=O) groups is 1. The van der Waals surface area contributed by atoms with Gasteiger partial charge in [0.2, 0.25) is 15.9 Å². The fourth-order valence-electron chi connectivity index (χ4n) is 2.27. The molecule has 0 atom stereocenters. The number of carbonyl (C=O) groups excluding carboxylic acids is 1. The largest absolute Gasteiger partial charge is 0.497 e. The molecule has 2 aromatic carbocycles. The van der Waals surface area contributed by atoms with Gasteiger partial charge in [0.25, 0.3) is 0 Å². The number of benzene rings is 2. The Hall–Kier alpha value is -2.65. The van der Waals surface area contributed by atoms with Crippen LogP contribution < -0.4 is 19.5 Å². The highest BCUT2D eigenvalue weighted by molar-refractivity contribution is 7.89. The second kappa shape index (κ2) is 10.6. The van der Waals surface area contributed by atoms with E-state index in [1.54, 1.807) is 12.1 Å². The highest BCUT2D eigenvalue weighted by Gasteiger charge is 2.13. The van der Waals surface area contributed by atoms with E-state index >= 15 is 0 Å². The van der Waals surface area contributed by atoms with Gasteiger partial charge in [-0.2, -0.15) is 0 Å². The molecular formula is C19H23FN2O5S. The first kappa shape index (κ1) is 21.6. The number of sulfonamides is 1. The zero-order valence-electron chi connectivity index (χ0n) is 15.5. The lowest BCUT2D eigenvalue weighted by molar-refractivity contribution is -0.121. The van der Waals surface area contributed by atoms with Gasteiger partial charge < -0.3 is 14.8 Å². The Labute approximate surface area is 163 Å². The van der Waals surface area contributed by atoms with Crippen LogP contribution in [0.25, 0.3) is 0 Å². The molecular weight excluding hydrogens is 387 g/mol. The van der Waals surface area contributed by atoms with Crippen LogP contribution in [0.3, 0.4) is 0 Å². The third-order valence-corrected chi connectivity index (χ3v) is 5.22. The minimum atomic E-state index is -3.64. The standard InChI is InChI=1S/C19H23FN2O5S/c1-26-16-8-10-18(11-9-16)28(24,25)22-13-12-21-19(23)3-2-14-27-17-6-4-15(20)5-7-17/h4-11,22H,2-3,12-14H2,1H3,(H,21,23). The predicted octanol–water partition coefficient (Wildman–Crippen LogP) is 2.09. The van der Waals surface area contributed by atoms with Crippen LogP contribution in [0.15, 0.2) is 53.4 Å². The normalized spacial score (nSPS) is 11.1. The van der Waals surface area contributed by atoms with Crippen LogP contribution in [0.2, 0.25) is 0 Å². The van der Waals surface area contributed by atoms with E-state index in [0.29, 0.717) is 24.5 Å². The third kappa shape index (κ3) is 7.16. The summed E-state index contributed by atoms with van der Waals surface area (Å²) in [6.07, 6.45) is 0.729. The lowest BCUT2D eigenvalue weighted by atomic mass is 10.3. The van der Waals surface area contributed by atoms with Gasteiger partial charge in [-0.25, -0.2) is 17.5 Å². The van der Waals surface area contributed by atoms with E-state index in [1.807, 2.05) is 0 Å². The first-order valence-electron chi connectivity index (χ1n) is 8.69. The highest BCUT2D eigenvalue weighted by Crippen LogP contribution is 2.15. The summed E-state index contributed by atoms with van der Waals surface area (Å²) in [4.78, 5) is 11.9. The van der Waals surface area contributed by atoms with E-state index < -0.39 is 10.0 Å². The lowest BCUT2D eigenvalue weighted by Gasteiger charge is -2.09. The Morgan fingerprint density at radius 1 is 1.00 bits per heavy atom. The van der Waals surface area contributed by atoms with Crippen molar-refractivity contribution in [2.75, 3.05) is 26.8 Å². The summed E-state index contributed by atoms with van der Waals surface area (Å²) in [7, 11) is -2.14. The average Bonchev–Trinajstić information content (AvgIpc) is 2.70. The molecule has 0 bridgehead atoms. The monoisotopic (exact) mass is 410 g/mol. The first-order valence-corrected chi connectivity index (χ1v) is 10.2. The predicted molar refractivity (Wildman–Crippen MR) is 102 cm³/mol. The van der Waals surface area contributed by atoms with Crippen molar-refractivity contribution in [3.63, 3.8) is 0 Å². The van der Waals surface area contributed by atoms with Gasteiger partial charge in [0.05, 0.1) is 18.6 Å². The minimum absolute atomic E-state index is 0.0756. The molecule has 0 aliphatic rings. The van der Waals surface area contributed by atoms with E-state index in [2.05, 4.69) is 10.0 Å². The number of nitrogens with one attached hydrogen (secondary N) is 2. The van der Waals surface area contributed by atoms with Gasteiger partial charge in [0.1, 0.15) is 17.3 Å². The van der Waals surface area contributed by atoms with E-state index in [1.165, 1.54) is 43.5 Å². The topological polar surface area (TPSA) is 93.7 Å². The molecule has 28 heavy (non-hydrogen) atoms. The van der Waals surface area contributed by atoms with E-state index in [-0.39, 0.29) is 36.1 Å². The van der Waals surface area contributed by atoms with E-state index in [9.17, 15) is 17.6 Å². The highest BCUT2D eigenvalue weighted by atomic mass is 32.2. The van der Waals surface area contributed by atoms with Crippen LogP contribution >= 0.6 is 0 Å². The summed E-state index contributed by atoms with van der Waals surface area (Å²) in [5.74, 6) is 0.560. The Balaban J connectivity index is 1.61. The van der Waals surface area contributed by atoms with Crippen molar-refractivity contribution in [2.45, 2.75) is 17.7 Å². The maximum absolute atomic E-state index is 12.8. The summed E-state index contributed by atoms with van der Waals surface area (Å²) in [6, 6.07) is 11.6. The molecule has 0 fully saturated rings. The molecule has 0 heterocycles. The quantitative estimate of drug-likeness (QED) is 0.554. The Morgan fingerprint density at radius 2 is 1.64 bits per heavy atom. The molecule has 2 aromatic rings. The Bertz CT molecular complexity index is 855. The zero-order valence-corrected chi connectivity index (χ0v) is 16.3. The van der Waals surface area contributed by atoms with Gasteiger partial charge in [0, 0.05) is 19.5 Å². The number of ether oxygens (including phenoxy) is 2. The maximum atomic E-state index is 12.8. The Morgan fingerprint density at radius 3 is 2.29 bits per heavy atom. The van der Waals surface area contributed by atoms with Crippen LogP contribution in [-0.2, 0) is 14.8 Å². The summed E-state index contributed by atoms with van der Waals surface area (Å²) >= 11 is 0. The second-order valence-electron chi connectivity index (χ2n) is 5.83. The molecule has 9 heteroatoms. The molecule has 0 aliphatic carbocycles. The summed E-state index contributed by atoms with van der Waals surface area (Å²) in [5, 5.41) is 2.64. The summed E-state index contributed by atoms with van der Waals surface area (Å²) in [6.45, 7) is 0.572. The third-order valence-electron chi connectivity index (χ3n) is 3.74. The smallest absolute Gasteiger partial charge is 0.240 e. The molecule has 152 valence electrons. The molecule has 2 rings (SSSR count). The van der Waals surface area contributed by atoms with Gasteiger partial charge in [-0.15, -0.1) is 0 Å². The molecule has 1 amide bonds. The molecule has 7 nitrogen and oxygen atoms in total. The average molecular weight is 410 g/mol. The SMILES string of the molecule is COc1ccc(S(=O)(=O)NCCNC(=O)CCCOc2ccc(F)cc2)cc1. The fraction of sp³-hybridized carbons (Fsp3) is 0.316. The van der Waals surface area contributed by atoms with Crippen molar-refractivity contribution in [1.29, 1.82) is 0 Å². The second-order valence-corrected chi connectivity index (χ2v) is 7.60. The number of amides is 1. The van der Waals surface area contributed by atoms with Crippen molar-refractivity contribution in [1.82, 2.24) is 10.0 Å². The van der Waals surface area contributed by atoms with E-state index in [0.717, 1.165) is 0 Å². The van der Waals surface area contributed by atoms with Crippen molar-refractivity contribution in [2.24, 2.45) is 0 Å². The van der Waals surface area contributed by atoms with Crippen molar-refractivity contribution in [3.8, 4) is 11.5 Å². The molecule has 0 aromatic heterocycles. The molecule has 0 spiro atoms. The number of hydrogen-bond donors (Lipinski definition) is 2. The van der Waals surface area contributed by atoms with Gasteiger partial charge in [-0.1, -0.05) is 0 Å². The van der Waals surface area contributed by atoms with Crippen LogP contribution in [0, 0.1) is 5.82 Å². The van der Waals surface area contributed by atoms with Gasteiger partial charge in [0.15, 0.2) is 0 Å². The van der Waals surface area contributed by atoms with Crippen LogP contribution in [0.1, 0.15) is 12.8 Å². The Kier molecular flexibility index (Phi) is 8.21. The molecule has 0 unspecified atom stereocenters. The number of rotatable bonds is 11. The molecule has 0 aliphatic heterocycles. The van der Waals surface area contributed by atoms with Gasteiger partial charge in [-0.05, 0) is 55.0 Å². The summed E-state index contributed by atoms with van der Waals surface area (Å²) in [5.41, 5.74) is 0. The zero-order chi connectivity index (χ0) is 20.4. The van der Waals surface area contributed by atoms with E-state index in [4.69, 9.17) is 9.47 Å². The maximum Gasteiger partial charge on any atom is 0.240 e. The molecule has 0 saturated carbocycles. The van der Waals surface area contributed by atoms with Crippen LogP contribution in [-0.4, -0.2) is 41.1 Å². The minimum Gasteiger partial charge on any atom is -0.497 e. The first-order chi connectivity index (χ1) is 13.4. The van der Waals surface area contributed by atoms with Crippen LogP contribution in [0.4, 0.5) is 4.39 Å². The van der Waals surface area contributed by atoms with Gasteiger partial charge in [-0.3, -0.25) is 4.79 Å². The lowest BCUT2D eigenvalue weighted by Crippen LogP contribution is -2.34.